The third-order valence-corrected chi connectivity index (χ3v) is 3.19. The molecule has 0 saturated carbocycles. The minimum absolute atomic E-state index is 0.315. The Morgan fingerprint density at radius 2 is 1.65 bits per heavy atom. The monoisotopic (exact) mass is 238 g/mol. The highest BCUT2D eigenvalue weighted by Crippen LogP contribution is 2.33. The van der Waals surface area contributed by atoms with Crippen molar-refractivity contribution in [1.82, 2.24) is 0 Å². The second-order valence-corrected chi connectivity index (χ2v) is 5.38. The highest BCUT2D eigenvalue weighted by atomic mass is 17.0. The molecule has 0 atom stereocenters. The summed E-state index contributed by atoms with van der Waals surface area (Å²) < 4.78 is 0. The second-order valence-electron chi connectivity index (χ2n) is 5.38. The first-order chi connectivity index (χ1) is 7.99. The van der Waals surface area contributed by atoms with E-state index in [9.17, 15) is 0 Å². The van der Waals surface area contributed by atoms with Crippen molar-refractivity contribution >= 4 is 0 Å². The van der Waals surface area contributed by atoms with Crippen LogP contribution in [0.2, 0.25) is 0 Å². The minimum atomic E-state index is 0.315. The topological polar surface area (TPSA) is 40.5 Å². The molecule has 0 amide bonds. The van der Waals surface area contributed by atoms with Crippen LogP contribution < -0.4 is 0 Å². The van der Waals surface area contributed by atoms with Crippen LogP contribution in [0.5, 0.6) is 0 Å². The lowest BCUT2D eigenvalue weighted by molar-refractivity contribution is -0.176. The average Bonchev–Trinajstić information content (AvgIpc) is 2.31. The smallest absolute Gasteiger partial charge is 0.0101 e. The van der Waals surface area contributed by atoms with Crippen LogP contribution in [0.15, 0.2) is 24.3 Å². The van der Waals surface area contributed by atoms with Crippen LogP contribution in [0.3, 0.4) is 0 Å². The molecule has 0 aliphatic heterocycles. The van der Waals surface area contributed by atoms with Gasteiger partial charge in [0.15, 0.2) is 0 Å². The number of benzene rings is 1. The van der Waals surface area contributed by atoms with Crippen molar-refractivity contribution in [3.63, 3.8) is 0 Å². The van der Waals surface area contributed by atoms with E-state index in [-0.39, 0.29) is 0 Å². The molecule has 0 aliphatic rings. The summed E-state index contributed by atoms with van der Waals surface area (Å²) in [6.45, 7) is 11.5. The van der Waals surface area contributed by atoms with E-state index in [0.717, 1.165) is 0 Å². The van der Waals surface area contributed by atoms with E-state index in [1.54, 1.807) is 0 Å². The summed E-state index contributed by atoms with van der Waals surface area (Å²) in [5.41, 5.74) is 3.35. The van der Waals surface area contributed by atoms with Crippen LogP contribution in [-0.2, 0) is 5.41 Å². The number of hydrogen-bond donors (Lipinski definition) is 2. The molecule has 0 bridgehead atoms. The summed E-state index contributed by atoms with van der Waals surface area (Å²) in [5.74, 6) is 0.623. The average molecular weight is 238 g/mol. The second kappa shape index (κ2) is 7.46. The quantitative estimate of drug-likeness (QED) is 0.578. The Morgan fingerprint density at radius 1 is 1.12 bits per heavy atom. The molecule has 0 unspecified atom stereocenters. The van der Waals surface area contributed by atoms with Crippen LogP contribution in [0.25, 0.3) is 0 Å². The van der Waals surface area contributed by atoms with Gasteiger partial charge in [0.25, 0.3) is 0 Å². The fourth-order valence-corrected chi connectivity index (χ4v) is 2.38. The largest absolute Gasteiger partial charge is 0.255 e. The highest BCUT2D eigenvalue weighted by Gasteiger charge is 2.22. The van der Waals surface area contributed by atoms with E-state index >= 15 is 0 Å². The van der Waals surface area contributed by atoms with Crippen LogP contribution in [0.1, 0.15) is 64.5 Å². The van der Waals surface area contributed by atoms with Gasteiger partial charge in [0.05, 0.1) is 0 Å². The lowest BCUT2D eigenvalue weighted by Gasteiger charge is -2.28. The van der Waals surface area contributed by atoms with Crippen molar-refractivity contribution in [2.24, 2.45) is 0 Å². The predicted molar refractivity (Wildman–Crippen MR) is 73.7 cm³/mol. The van der Waals surface area contributed by atoms with Gasteiger partial charge in [-0.05, 0) is 28.9 Å². The Bertz CT molecular complexity index is 316. The number of hydrogen-bond acceptors (Lipinski definition) is 2. The highest BCUT2D eigenvalue weighted by molar-refractivity contribution is 5.35. The summed E-state index contributed by atoms with van der Waals surface area (Å²) >= 11 is 0. The molecular formula is C15H26O2. The Morgan fingerprint density at radius 3 is 2.12 bits per heavy atom. The lowest BCUT2D eigenvalue weighted by atomic mass is 9.76. The first kappa shape index (κ1) is 16.1. The molecule has 0 fully saturated rings. The van der Waals surface area contributed by atoms with Crippen molar-refractivity contribution in [2.45, 2.75) is 58.8 Å². The van der Waals surface area contributed by atoms with Gasteiger partial charge in [-0.3, -0.25) is 10.5 Å². The molecule has 0 aromatic heterocycles. The molecule has 0 heterocycles. The van der Waals surface area contributed by atoms with Gasteiger partial charge < -0.3 is 0 Å². The summed E-state index contributed by atoms with van der Waals surface area (Å²) in [6.07, 6.45) is 2.51. The van der Waals surface area contributed by atoms with Crippen molar-refractivity contribution in [3.8, 4) is 0 Å². The van der Waals surface area contributed by atoms with Crippen molar-refractivity contribution in [1.29, 1.82) is 0 Å². The van der Waals surface area contributed by atoms with Gasteiger partial charge in [-0.15, -0.1) is 0 Å². The molecular weight excluding hydrogens is 212 g/mol. The Balaban J connectivity index is 0.00000121. The summed E-state index contributed by atoms with van der Waals surface area (Å²) in [7, 11) is 0. The molecule has 0 saturated heterocycles. The first-order valence-corrected chi connectivity index (χ1v) is 6.28. The first-order valence-electron chi connectivity index (χ1n) is 6.28. The van der Waals surface area contributed by atoms with E-state index in [0.29, 0.717) is 11.3 Å². The van der Waals surface area contributed by atoms with Crippen LogP contribution >= 0.6 is 0 Å². The normalized spacial score (nSPS) is 11.1. The fourth-order valence-electron chi connectivity index (χ4n) is 2.38. The third-order valence-electron chi connectivity index (χ3n) is 3.19. The molecule has 98 valence electrons. The maximum Gasteiger partial charge on any atom is -0.0101 e. The zero-order valence-corrected chi connectivity index (χ0v) is 11.7. The van der Waals surface area contributed by atoms with Gasteiger partial charge >= 0.3 is 0 Å². The van der Waals surface area contributed by atoms with Crippen molar-refractivity contribution in [2.75, 3.05) is 0 Å². The van der Waals surface area contributed by atoms with Gasteiger partial charge in [-0.25, -0.2) is 0 Å². The molecule has 0 aliphatic carbocycles. The molecule has 2 nitrogen and oxygen atoms in total. The van der Waals surface area contributed by atoms with Crippen LogP contribution in [0, 0.1) is 0 Å². The Labute approximate surface area is 105 Å². The zero-order valence-electron chi connectivity index (χ0n) is 11.7. The van der Waals surface area contributed by atoms with E-state index in [1.165, 1.54) is 24.0 Å². The molecule has 17 heavy (non-hydrogen) atoms. The van der Waals surface area contributed by atoms with Gasteiger partial charge in [0, 0.05) is 0 Å². The molecule has 1 aromatic carbocycles. The lowest BCUT2D eigenvalue weighted by Crippen LogP contribution is -2.19. The summed E-state index contributed by atoms with van der Waals surface area (Å²) in [5, 5.41) is 12.0. The van der Waals surface area contributed by atoms with E-state index in [1.807, 2.05) is 0 Å². The molecule has 2 N–H and O–H groups in total. The van der Waals surface area contributed by atoms with Crippen LogP contribution in [-0.4, -0.2) is 10.5 Å². The summed E-state index contributed by atoms with van der Waals surface area (Å²) in [6, 6.07) is 8.89. The molecule has 0 spiro atoms. The van der Waals surface area contributed by atoms with Gasteiger partial charge in [-0.2, -0.15) is 0 Å². The summed E-state index contributed by atoms with van der Waals surface area (Å²) in [4.78, 5) is 0. The van der Waals surface area contributed by atoms with Gasteiger partial charge in [-0.1, -0.05) is 65.3 Å². The molecule has 1 rings (SSSR count). The predicted octanol–water partition coefficient (Wildman–Crippen LogP) is 4.91. The molecule has 1 aromatic rings. The molecule has 2 heteroatoms. The van der Waals surface area contributed by atoms with Crippen molar-refractivity contribution < 1.29 is 10.5 Å². The third kappa shape index (κ3) is 4.49. The SMILES string of the molecule is CCCC(C)(C)c1ccccc1C(C)C.OO. The maximum atomic E-state index is 6.00. The standard InChI is InChI=1S/C15H24.H2O2/c1-6-11-15(4,5)14-10-8-7-9-13(14)12(2)3;1-2/h7-10,12H,6,11H2,1-5H3;1-2H. The van der Waals surface area contributed by atoms with Crippen LogP contribution in [0.4, 0.5) is 0 Å². The maximum absolute atomic E-state index is 6.00. The minimum Gasteiger partial charge on any atom is -0.255 e. The number of rotatable bonds is 4. The van der Waals surface area contributed by atoms with Gasteiger partial charge in [0.1, 0.15) is 0 Å². The zero-order chi connectivity index (χ0) is 13.5. The Hall–Kier alpha value is -0.860. The molecule has 0 radical (unpaired) electrons. The Kier molecular flexibility index (Phi) is 7.09. The van der Waals surface area contributed by atoms with Crippen molar-refractivity contribution in [3.05, 3.63) is 35.4 Å². The van der Waals surface area contributed by atoms with E-state index < -0.39 is 0 Å². The van der Waals surface area contributed by atoms with E-state index in [4.69, 9.17) is 10.5 Å². The van der Waals surface area contributed by atoms with E-state index in [2.05, 4.69) is 58.9 Å². The fraction of sp³-hybridized carbons (Fsp3) is 0.600. The van der Waals surface area contributed by atoms with Gasteiger partial charge in [0.2, 0.25) is 0 Å².